The third-order valence-corrected chi connectivity index (χ3v) is 4.01. The van der Waals surface area contributed by atoms with Gasteiger partial charge >= 0.3 is 0 Å². The summed E-state index contributed by atoms with van der Waals surface area (Å²) in [5, 5.41) is 6.96. The second-order valence-electron chi connectivity index (χ2n) is 5.89. The summed E-state index contributed by atoms with van der Waals surface area (Å²) in [5.74, 6) is -0.122. The summed E-state index contributed by atoms with van der Waals surface area (Å²) in [7, 11) is 1.80. The number of benzene rings is 1. The molecule has 22 heavy (non-hydrogen) atoms. The van der Waals surface area contributed by atoms with E-state index >= 15 is 0 Å². The van der Waals surface area contributed by atoms with E-state index < -0.39 is 0 Å². The van der Waals surface area contributed by atoms with Gasteiger partial charge in [0.05, 0.1) is 11.8 Å². The molecule has 1 saturated heterocycles. The number of aromatic nitrogens is 2. The maximum absolute atomic E-state index is 12.2. The number of amides is 1. The Bertz CT molecular complexity index is 644. The molecule has 1 amide bonds. The Morgan fingerprint density at radius 1 is 1.27 bits per heavy atom. The molecule has 1 aliphatic heterocycles. The van der Waals surface area contributed by atoms with E-state index in [1.807, 2.05) is 12.1 Å². The van der Waals surface area contributed by atoms with Crippen molar-refractivity contribution >= 4 is 11.6 Å². The number of aryl methyl sites for hydroxylation is 1. The maximum Gasteiger partial charge on any atom is 0.258 e. The molecule has 0 bridgehead atoms. The number of carbonyl (C=O) groups excluding carboxylic acids is 1. The van der Waals surface area contributed by atoms with E-state index in [-0.39, 0.29) is 5.91 Å². The Hall–Kier alpha value is -2.14. The molecule has 0 unspecified atom stereocenters. The minimum Gasteiger partial charge on any atom is -0.322 e. The van der Waals surface area contributed by atoms with Crippen LogP contribution in [-0.2, 0) is 13.6 Å². The molecule has 1 fully saturated rings. The number of likely N-dealkylation sites (tertiary alicyclic amines) is 1. The van der Waals surface area contributed by atoms with Crippen LogP contribution >= 0.6 is 0 Å². The summed E-state index contributed by atoms with van der Waals surface area (Å²) in [6.07, 6.45) is 7.21. The lowest BCUT2D eigenvalue weighted by Gasteiger charge is -2.26. The number of piperidine rings is 1. The highest BCUT2D eigenvalue weighted by atomic mass is 16.1. The molecule has 0 saturated carbocycles. The first-order valence-corrected chi connectivity index (χ1v) is 7.82. The lowest BCUT2D eigenvalue weighted by atomic mass is 10.1. The number of rotatable bonds is 4. The average molecular weight is 298 g/mol. The van der Waals surface area contributed by atoms with Gasteiger partial charge in [-0.3, -0.25) is 14.4 Å². The van der Waals surface area contributed by atoms with Gasteiger partial charge in [-0.05, 0) is 43.6 Å². The molecule has 3 rings (SSSR count). The fourth-order valence-electron chi connectivity index (χ4n) is 2.86. The van der Waals surface area contributed by atoms with Crippen molar-refractivity contribution in [2.24, 2.45) is 7.05 Å². The van der Waals surface area contributed by atoms with E-state index in [0.29, 0.717) is 5.56 Å². The van der Waals surface area contributed by atoms with Crippen molar-refractivity contribution < 1.29 is 4.79 Å². The Morgan fingerprint density at radius 2 is 2.09 bits per heavy atom. The normalized spacial score (nSPS) is 15.7. The van der Waals surface area contributed by atoms with Gasteiger partial charge in [-0.25, -0.2) is 0 Å². The summed E-state index contributed by atoms with van der Waals surface area (Å²) in [4.78, 5) is 14.6. The van der Waals surface area contributed by atoms with Gasteiger partial charge in [0.1, 0.15) is 0 Å². The summed E-state index contributed by atoms with van der Waals surface area (Å²) in [6.45, 7) is 3.30. The second kappa shape index (κ2) is 6.75. The molecule has 116 valence electrons. The smallest absolute Gasteiger partial charge is 0.258 e. The summed E-state index contributed by atoms with van der Waals surface area (Å²) in [5.41, 5.74) is 2.65. The quantitative estimate of drug-likeness (QED) is 0.944. The minimum absolute atomic E-state index is 0.122. The van der Waals surface area contributed by atoms with Crippen molar-refractivity contribution in [3.8, 4) is 0 Å². The van der Waals surface area contributed by atoms with E-state index in [1.165, 1.54) is 37.9 Å². The minimum atomic E-state index is -0.122. The Labute approximate surface area is 130 Å². The van der Waals surface area contributed by atoms with Crippen LogP contribution in [0.4, 0.5) is 5.69 Å². The highest BCUT2D eigenvalue weighted by molar-refractivity contribution is 6.03. The van der Waals surface area contributed by atoms with Gasteiger partial charge in [-0.15, -0.1) is 0 Å². The van der Waals surface area contributed by atoms with Gasteiger partial charge in [0.15, 0.2) is 0 Å². The van der Waals surface area contributed by atoms with Gasteiger partial charge in [-0.1, -0.05) is 18.6 Å². The molecule has 2 heterocycles. The molecular formula is C17H22N4O. The summed E-state index contributed by atoms with van der Waals surface area (Å²) >= 11 is 0. The van der Waals surface area contributed by atoms with Crippen molar-refractivity contribution in [3.63, 3.8) is 0 Å². The van der Waals surface area contributed by atoms with Crippen LogP contribution in [0.1, 0.15) is 35.2 Å². The fraction of sp³-hybridized carbons (Fsp3) is 0.412. The first-order valence-electron chi connectivity index (χ1n) is 7.82. The fourth-order valence-corrected chi connectivity index (χ4v) is 2.86. The Balaban J connectivity index is 1.64. The average Bonchev–Trinajstić information content (AvgIpc) is 2.95. The zero-order valence-corrected chi connectivity index (χ0v) is 13.0. The highest BCUT2D eigenvalue weighted by Gasteiger charge is 2.12. The molecular weight excluding hydrogens is 276 g/mol. The van der Waals surface area contributed by atoms with Gasteiger partial charge in [0, 0.05) is 25.5 Å². The molecule has 0 aliphatic carbocycles. The van der Waals surface area contributed by atoms with Gasteiger partial charge in [-0.2, -0.15) is 5.10 Å². The molecule has 1 aromatic heterocycles. The van der Waals surface area contributed by atoms with Crippen LogP contribution in [-0.4, -0.2) is 33.7 Å². The van der Waals surface area contributed by atoms with Crippen LogP contribution in [0.2, 0.25) is 0 Å². The predicted molar refractivity (Wildman–Crippen MR) is 86.7 cm³/mol. The molecule has 5 nitrogen and oxygen atoms in total. The predicted octanol–water partition coefficient (Wildman–Crippen LogP) is 2.66. The SMILES string of the molecule is Cn1cc(C(=O)Nc2cccc(CN3CCCCC3)c2)cn1. The molecule has 1 aliphatic rings. The van der Waals surface area contributed by atoms with Crippen molar-refractivity contribution in [2.75, 3.05) is 18.4 Å². The largest absolute Gasteiger partial charge is 0.322 e. The first-order chi connectivity index (χ1) is 10.7. The van der Waals surface area contributed by atoms with Crippen LogP contribution in [0, 0.1) is 0 Å². The van der Waals surface area contributed by atoms with Crippen LogP contribution in [0.25, 0.3) is 0 Å². The lowest BCUT2D eigenvalue weighted by molar-refractivity contribution is 0.102. The van der Waals surface area contributed by atoms with E-state index in [0.717, 1.165) is 12.2 Å². The number of nitrogens with one attached hydrogen (secondary N) is 1. The molecule has 1 N–H and O–H groups in total. The molecule has 0 spiro atoms. The molecule has 0 atom stereocenters. The highest BCUT2D eigenvalue weighted by Crippen LogP contribution is 2.16. The van der Waals surface area contributed by atoms with Gasteiger partial charge in [0.25, 0.3) is 5.91 Å². The van der Waals surface area contributed by atoms with E-state index in [2.05, 4.69) is 27.4 Å². The summed E-state index contributed by atoms with van der Waals surface area (Å²) < 4.78 is 1.63. The zero-order chi connectivity index (χ0) is 15.4. The van der Waals surface area contributed by atoms with Crippen molar-refractivity contribution in [1.29, 1.82) is 0 Å². The standard InChI is InChI=1S/C17H22N4O/c1-20-13-15(11-18-20)17(22)19-16-7-5-6-14(10-16)12-21-8-3-2-4-9-21/h5-7,10-11,13H,2-4,8-9,12H2,1H3,(H,19,22). The van der Waals surface area contributed by atoms with Crippen molar-refractivity contribution in [1.82, 2.24) is 14.7 Å². The molecule has 2 aromatic rings. The van der Waals surface area contributed by atoms with Crippen molar-refractivity contribution in [2.45, 2.75) is 25.8 Å². The zero-order valence-electron chi connectivity index (χ0n) is 13.0. The third kappa shape index (κ3) is 3.74. The number of hydrogen-bond acceptors (Lipinski definition) is 3. The van der Waals surface area contributed by atoms with Crippen molar-refractivity contribution in [3.05, 3.63) is 47.8 Å². The monoisotopic (exact) mass is 298 g/mol. The van der Waals surface area contributed by atoms with E-state index in [4.69, 9.17) is 0 Å². The number of carbonyl (C=O) groups is 1. The van der Waals surface area contributed by atoms with Crippen LogP contribution in [0.3, 0.4) is 0 Å². The summed E-state index contributed by atoms with van der Waals surface area (Å²) in [6, 6.07) is 8.10. The second-order valence-corrected chi connectivity index (χ2v) is 5.89. The lowest BCUT2D eigenvalue weighted by Crippen LogP contribution is -2.29. The molecule has 5 heteroatoms. The van der Waals surface area contributed by atoms with Gasteiger partial charge in [0.2, 0.25) is 0 Å². The maximum atomic E-state index is 12.2. The molecule has 0 radical (unpaired) electrons. The first kappa shape index (κ1) is 14.8. The molecule has 1 aromatic carbocycles. The van der Waals surface area contributed by atoms with Gasteiger partial charge < -0.3 is 5.32 Å². The van der Waals surface area contributed by atoms with Crippen LogP contribution < -0.4 is 5.32 Å². The van der Waals surface area contributed by atoms with E-state index in [1.54, 1.807) is 24.1 Å². The van der Waals surface area contributed by atoms with Crippen LogP contribution in [0.5, 0.6) is 0 Å². The third-order valence-electron chi connectivity index (χ3n) is 4.01. The van der Waals surface area contributed by atoms with E-state index in [9.17, 15) is 4.79 Å². The number of anilines is 1. The Kier molecular flexibility index (Phi) is 4.53. The topological polar surface area (TPSA) is 50.2 Å². The number of hydrogen-bond donors (Lipinski definition) is 1. The number of nitrogens with zero attached hydrogens (tertiary/aromatic N) is 3. The van der Waals surface area contributed by atoms with Crippen LogP contribution in [0.15, 0.2) is 36.7 Å². The Morgan fingerprint density at radius 3 is 2.82 bits per heavy atom.